The summed E-state index contributed by atoms with van der Waals surface area (Å²) >= 11 is 1.74. The number of hydrogen-bond donors (Lipinski definition) is 1. The number of aromatic nitrogens is 1. The van der Waals surface area contributed by atoms with Gasteiger partial charge in [-0.2, -0.15) is 0 Å². The van der Waals surface area contributed by atoms with E-state index in [1.807, 2.05) is 18.2 Å². The molecule has 1 saturated heterocycles. The van der Waals surface area contributed by atoms with E-state index in [2.05, 4.69) is 35.2 Å². The van der Waals surface area contributed by atoms with E-state index in [0.717, 1.165) is 29.4 Å². The van der Waals surface area contributed by atoms with Crippen molar-refractivity contribution in [2.45, 2.75) is 12.3 Å². The summed E-state index contributed by atoms with van der Waals surface area (Å²) in [7, 11) is 0. The van der Waals surface area contributed by atoms with Gasteiger partial charge in [0.2, 0.25) is 0 Å². The first-order valence-corrected chi connectivity index (χ1v) is 8.07. The first-order chi connectivity index (χ1) is 10.3. The van der Waals surface area contributed by atoms with Crippen molar-refractivity contribution in [3.8, 4) is 0 Å². The summed E-state index contributed by atoms with van der Waals surface area (Å²) < 4.78 is 1.17. The van der Waals surface area contributed by atoms with E-state index in [1.165, 1.54) is 16.7 Å². The van der Waals surface area contributed by atoms with Gasteiger partial charge in [0.1, 0.15) is 0 Å². The van der Waals surface area contributed by atoms with Crippen molar-refractivity contribution in [1.82, 2.24) is 4.98 Å². The molecule has 0 amide bonds. The highest BCUT2D eigenvalue weighted by atomic mass is 32.1. The highest BCUT2D eigenvalue weighted by Crippen LogP contribution is 2.35. The van der Waals surface area contributed by atoms with Crippen LogP contribution >= 0.6 is 11.3 Å². The van der Waals surface area contributed by atoms with Crippen molar-refractivity contribution >= 4 is 32.4 Å². The van der Waals surface area contributed by atoms with Gasteiger partial charge in [-0.15, -0.1) is 0 Å². The molecule has 0 aliphatic carbocycles. The average Bonchev–Trinajstić information content (AvgIpc) is 3.14. The van der Waals surface area contributed by atoms with Crippen LogP contribution in [0.5, 0.6) is 0 Å². The molecule has 21 heavy (non-hydrogen) atoms. The molecule has 0 spiro atoms. The predicted molar refractivity (Wildman–Crippen MR) is 90.0 cm³/mol. The quantitative estimate of drug-likeness (QED) is 0.730. The Hall–Kier alpha value is -2.07. The second-order valence-corrected chi connectivity index (χ2v) is 6.57. The first-order valence-electron chi connectivity index (χ1n) is 7.25. The number of nitrogens with two attached hydrogens (primary N) is 1. The number of anilines is 2. The highest BCUT2D eigenvalue weighted by molar-refractivity contribution is 7.22. The minimum absolute atomic E-state index is 0.614. The van der Waals surface area contributed by atoms with Gasteiger partial charge in [-0.3, -0.25) is 0 Å². The summed E-state index contributed by atoms with van der Waals surface area (Å²) in [5.74, 6) is 0.614. The molecule has 106 valence electrons. The summed E-state index contributed by atoms with van der Waals surface area (Å²) in [4.78, 5) is 7.15. The fourth-order valence-corrected chi connectivity index (χ4v) is 4.04. The van der Waals surface area contributed by atoms with Crippen molar-refractivity contribution in [3.63, 3.8) is 0 Å². The molecule has 0 radical (unpaired) electrons. The molecule has 1 fully saturated rings. The van der Waals surface area contributed by atoms with E-state index >= 15 is 0 Å². The van der Waals surface area contributed by atoms with Crippen LogP contribution in [0.15, 0.2) is 48.5 Å². The number of benzene rings is 2. The lowest BCUT2D eigenvalue weighted by Gasteiger charge is -2.14. The molecule has 1 aromatic heterocycles. The molecule has 0 bridgehead atoms. The molecular formula is C17H17N3S. The third kappa shape index (κ3) is 2.36. The Labute approximate surface area is 128 Å². The molecule has 4 rings (SSSR count). The van der Waals surface area contributed by atoms with E-state index < -0.39 is 0 Å². The largest absolute Gasteiger partial charge is 0.399 e. The van der Waals surface area contributed by atoms with E-state index in [0.29, 0.717) is 5.92 Å². The monoisotopic (exact) mass is 295 g/mol. The van der Waals surface area contributed by atoms with Crippen LogP contribution in [0.2, 0.25) is 0 Å². The summed E-state index contributed by atoms with van der Waals surface area (Å²) in [5.41, 5.74) is 9.14. The highest BCUT2D eigenvalue weighted by Gasteiger charge is 2.25. The Morgan fingerprint density at radius 2 is 2.00 bits per heavy atom. The maximum Gasteiger partial charge on any atom is 0.186 e. The van der Waals surface area contributed by atoms with Gasteiger partial charge in [-0.05, 0) is 30.2 Å². The van der Waals surface area contributed by atoms with Gasteiger partial charge in [0.05, 0.1) is 10.2 Å². The zero-order valence-electron chi connectivity index (χ0n) is 11.7. The van der Waals surface area contributed by atoms with Crippen LogP contribution in [0.1, 0.15) is 17.9 Å². The van der Waals surface area contributed by atoms with Gasteiger partial charge in [-0.25, -0.2) is 4.98 Å². The van der Waals surface area contributed by atoms with Gasteiger partial charge in [0, 0.05) is 24.7 Å². The van der Waals surface area contributed by atoms with E-state index in [1.54, 1.807) is 11.3 Å². The molecule has 4 heteroatoms. The molecule has 3 aromatic rings. The predicted octanol–water partition coefficient (Wildman–Crippen LogP) is 3.87. The third-order valence-electron chi connectivity index (χ3n) is 4.13. The molecular weight excluding hydrogens is 278 g/mol. The van der Waals surface area contributed by atoms with Crippen molar-refractivity contribution < 1.29 is 0 Å². The molecule has 2 heterocycles. The number of rotatable bonds is 2. The topological polar surface area (TPSA) is 42.1 Å². The Kier molecular flexibility index (Phi) is 3.04. The molecule has 0 saturated carbocycles. The molecule has 3 nitrogen and oxygen atoms in total. The maximum absolute atomic E-state index is 5.85. The van der Waals surface area contributed by atoms with Crippen LogP contribution in [0.3, 0.4) is 0 Å². The van der Waals surface area contributed by atoms with Crippen molar-refractivity contribution in [2.75, 3.05) is 23.7 Å². The zero-order chi connectivity index (χ0) is 14.2. The number of thiazole rings is 1. The van der Waals surface area contributed by atoms with E-state index in [4.69, 9.17) is 10.7 Å². The Morgan fingerprint density at radius 1 is 1.14 bits per heavy atom. The normalized spacial score (nSPS) is 18.5. The summed E-state index contributed by atoms with van der Waals surface area (Å²) in [5, 5.41) is 1.12. The van der Waals surface area contributed by atoms with Gasteiger partial charge in [0.15, 0.2) is 5.13 Å². The molecule has 2 N–H and O–H groups in total. The van der Waals surface area contributed by atoms with Crippen LogP contribution in [-0.2, 0) is 0 Å². The first kappa shape index (κ1) is 12.7. The van der Waals surface area contributed by atoms with Gasteiger partial charge < -0.3 is 10.6 Å². The Morgan fingerprint density at radius 3 is 2.86 bits per heavy atom. The van der Waals surface area contributed by atoms with Crippen LogP contribution in [0, 0.1) is 0 Å². The SMILES string of the molecule is Nc1ccc2nc(N3CCC(c4ccccc4)C3)sc2c1. The summed E-state index contributed by atoms with van der Waals surface area (Å²) in [6, 6.07) is 16.7. The van der Waals surface area contributed by atoms with E-state index in [9.17, 15) is 0 Å². The smallest absolute Gasteiger partial charge is 0.186 e. The Balaban J connectivity index is 1.59. The lowest BCUT2D eigenvalue weighted by atomic mass is 9.99. The third-order valence-corrected chi connectivity index (χ3v) is 5.21. The lowest BCUT2D eigenvalue weighted by Crippen LogP contribution is -2.18. The fourth-order valence-electron chi connectivity index (χ4n) is 3.00. The summed E-state index contributed by atoms with van der Waals surface area (Å²) in [6.07, 6.45) is 1.20. The molecule has 1 aliphatic rings. The number of fused-ring (bicyclic) bond motifs is 1. The molecule has 1 unspecified atom stereocenters. The minimum atomic E-state index is 0.614. The summed E-state index contributed by atoms with van der Waals surface area (Å²) in [6.45, 7) is 2.13. The van der Waals surface area contributed by atoms with E-state index in [-0.39, 0.29) is 0 Å². The molecule has 1 aliphatic heterocycles. The average molecular weight is 295 g/mol. The zero-order valence-corrected chi connectivity index (χ0v) is 12.5. The van der Waals surface area contributed by atoms with Crippen LogP contribution in [0.4, 0.5) is 10.8 Å². The van der Waals surface area contributed by atoms with Crippen LogP contribution < -0.4 is 10.6 Å². The standard InChI is InChI=1S/C17H17N3S/c18-14-6-7-15-16(10-14)21-17(19-15)20-9-8-13(11-20)12-4-2-1-3-5-12/h1-7,10,13H,8-9,11,18H2. The van der Waals surface area contributed by atoms with Crippen LogP contribution in [-0.4, -0.2) is 18.1 Å². The minimum Gasteiger partial charge on any atom is -0.399 e. The van der Waals surface area contributed by atoms with Gasteiger partial charge in [0.25, 0.3) is 0 Å². The number of nitrogens with zero attached hydrogens (tertiary/aromatic N) is 2. The maximum atomic E-state index is 5.85. The van der Waals surface area contributed by atoms with Crippen LogP contribution in [0.25, 0.3) is 10.2 Å². The number of hydrogen-bond acceptors (Lipinski definition) is 4. The van der Waals surface area contributed by atoms with Crippen molar-refractivity contribution in [2.24, 2.45) is 0 Å². The van der Waals surface area contributed by atoms with Crippen molar-refractivity contribution in [3.05, 3.63) is 54.1 Å². The lowest BCUT2D eigenvalue weighted by molar-refractivity contribution is 0.775. The van der Waals surface area contributed by atoms with Gasteiger partial charge >= 0.3 is 0 Å². The number of nitrogen functional groups attached to an aromatic ring is 1. The molecule has 1 atom stereocenters. The Bertz CT molecular complexity index is 766. The second-order valence-electron chi connectivity index (χ2n) is 5.57. The second kappa shape index (κ2) is 5.04. The van der Waals surface area contributed by atoms with Crippen molar-refractivity contribution in [1.29, 1.82) is 0 Å². The van der Waals surface area contributed by atoms with Gasteiger partial charge in [-0.1, -0.05) is 41.7 Å². The fraction of sp³-hybridized carbons (Fsp3) is 0.235. The molecule has 2 aromatic carbocycles.